The quantitative estimate of drug-likeness (QED) is 0.198. The minimum atomic E-state index is -8.90. The Labute approximate surface area is 206 Å². The molecule has 0 fully saturated rings. The van der Waals surface area contributed by atoms with Crippen LogP contribution in [-0.4, -0.2) is 83.9 Å². The molecule has 0 spiro atoms. The van der Waals surface area contributed by atoms with Crippen LogP contribution in [0.1, 0.15) is 20.3 Å². The second-order valence-electron chi connectivity index (χ2n) is 7.44. The summed E-state index contributed by atoms with van der Waals surface area (Å²) >= 11 is 0. The van der Waals surface area contributed by atoms with E-state index in [1.807, 2.05) is 0 Å². The van der Waals surface area contributed by atoms with Crippen LogP contribution >= 0.6 is 0 Å². The molecule has 0 aromatic heterocycles. The largest absolute Gasteiger partial charge is 0.478 e. The summed E-state index contributed by atoms with van der Waals surface area (Å²) in [5.41, 5.74) is -0.620. The maximum atomic E-state index is 14.2. The van der Waals surface area contributed by atoms with Crippen LogP contribution in [-0.2, 0) is 14.8 Å². The number of aliphatic carboxylic acids is 1. The lowest BCUT2D eigenvalue weighted by atomic mass is 9.91. The number of carbonyl (C=O) groups is 1. The summed E-state index contributed by atoms with van der Waals surface area (Å²) in [4.78, 5) is 10.6. The van der Waals surface area contributed by atoms with E-state index in [1.165, 1.54) is 0 Å². The van der Waals surface area contributed by atoms with Crippen molar-refractivity contribution < 1.29 is 93.0 Å². The third kappa shape index (κ3) is 5.35. The van der Waals surface area contributed by atoms with Gasteiger partial charge in [-0.15, -0.1) is 0 Å². The van der Waals surface area contributed by atoms with E-state index in [0.717, 1.165) is 6.92 Å². The van der Waals surface area contributed by atoms with E-state index in [2.05, 4.69) is 0 Å². The zero-order valence-electron chi connectivity index (χ0n) is 18.7. The molecule has 0 heterocycles. The number of carboxylic acids is 1. The summed E-state index contributed by atoms with van der Waals surface area (Å²) < 4.78 is 250. The molecule has 0 aliphatic rings. The van der Waals surface area contributed by atoms with Crippen molar-refractivity contribution in [3.8, 4) is 0 Å². The molecule has 39 heavy (non-hydrogen) atoms. The van der Waals surface area contributed by atoms with Gasteiger partial charge in [0.15, 0.2) is 0 Å². The van der Waals surface area contributed by atoms with Crippen LogP contribution in [0, 0.1) is 0 Å². The highest BCUT2D eigenvalue weighted by molar-refractivity contribution is 7.90. The fourth-order valence-electron chi connectivity index (χ4n) is 2.43. The van der Waals surface area contributed by atoms with Gasteiger partial charge in [0, 0.05) is 18.7 Å². The van der Waals surface area contributed by atoms with Gasteiger partial charge in [0.1, 0.15) is 0 Å². The average molecular weight is 639 g/mol. The van der Waals surface area contributed by atoms with Gasteiger partial charge in [-0.1, -0.05) is 13.0 Å². The lowest BCUT2D eigenvalue weighted by Gasteiger charge is -2.43. The van der Waals surface area contributed by atoms with Crippen molar-refractivity contribution in [2.75, 3.05) is 13.1 Å². The first-order valence-corrected chi connectivity index (χ1v) is 10.8. The van der Waals surface area contributed by atoms with Crippen molar-refractivity contribution in [1.29, 1.82) is 0 Å². The second-order valence-corrected chi connectivity index (χ2v) is 9.42. The molecule has 0 saturated heterocycles. The lowest BCUT2D eigenvalue weighted by Crippen LogP contribution is -2.75. The van der Waals surface area contributed by atoms with Gasteiger partial charge in [0.25, 0.3) is 10.0 Å². The second kappa shape index (κ2) is 10.4. The van der Waals surface area contributed by atoms with Crippen LogP contribution in [0.15, 0.2) is 11.6 Å². The third-order valence-electron chi connectivity index (χ3n) is 4.88. The number of hydrogen-bond donors (Lipinski definition) is 1. The zero-order valence-corrected chi connectivity index (χ0v) is 19.5. The Balaban J connectivity index is 6.86. The fourth-order valence-corrected chi connectivity index (χ4v) is 3.90. The zero-order chi connectivity index (χ0) is 32.1. The van der Waals surface area contributed by atoms with E-state index in [0.29, 0.717) is 13.0 Å². The first kappa shape index (κ1) is 36.9. The molecule has 0 aliphatic heterocycles. The van der Waals surface area contributed by atoms with Crippen molar-refractivity contribution >= 4 is 16.0 Å². The van der Waals surface area contributed by atoms with Gasteiger partial charge in [0.2, 0.25) is 0 Å². The smallest absolute Gasteiger partial charge is 0.460 e. The first-order valence-electron chi connectivity index (χ1n) is 9.40. The minimum Gasteiger partial charge on any atom is -0.478 e. The van der Waals surface area contributed by atoms with Gasteiger partial charge in [-0.05, 0) is 13.3 Å². The summed E-state index contributed by atoms with van der Waals surface area (Å²) in [7, 11) is -7.40. The van der Waals surface area contributed by atoms with Gasteiger partial charge >= 0.3 is 52.9 Å². The summed E-state index contributed by atoms with van der Waals surface area (Å²) in [6.45, 7) is -1.53. The normalized spacial score (nSPS) is 16.2. The Kier molecular flexibility index (Phi) is 9.85. The monoisotopic (exact) mass is 639 g/mol. The van der Waals surface area contributed by atoms with E-state index in [9.17, 15) is 87.8 Å². The van der Waals surface area contributed by atoms with Gasteiger partial charge in [-0.3, -0.25) is 0 Å². The van der Waals surface area contributed by atoms with Crippen LogP contribution < -0.4 is 0 Å². The molecule has 0 aliphatic carbocycles. The molecule has 0 aromatic rings. The summed E-state index contributed by atoms with van der Waals surface area (Å²) in [5.74, 6) is -53.7. The molecule has 5 nitrogen and oxygen atoms in total. The molecule has 0 amide bonds. The molecule has 0 saturated carbocycles. The highest BCUT2D eigenvalue weighted by Gasteiger charge is 2.96. The Bertz CT molecular complexity index is 1050. The SMILES string of the molecule is CCN(CCC=C(C)C(=O)O)S(=O)(=O)C(F)(F)C(F)(F)C(F)(F)C(F)(F)C(F)(F)C(F)(F)C(F)(F)C(F)(F)F. The molecule has 232 valence electrons. The average Bonchev–Trinajstić information content (AvgIpc) is 2.74. The van der Waals surface area contributed by atoms with E-state index in [1.54, 1.807) is 0 Å². The molecular formula is C16H14F17NO4S. The Morgan fingerprint density at radius 3 is 1.33 bits per heavy atom. The topological polar surface area (TPSA) is 74.7 Å². The van der Waals surface area contributed by atoms with Gasteiger partial charge in [-0.25, -0.2) is 13.2 Å². The molecule has 0 bridgehead atoms. The van der Waals surface area contributed by atoms with Gasteiger partial charge in [-0.2, -0.15) is 78.9 Å². The van der Waals surface area contributed by atoms with Crippen LogP contribution in [0.4, 0.5) is 74.6 Å². The summed E-state index contributed by atoms with van der Waals surface area (Å²) in [6, 6.07) is 0. The number of hydrogen-bond acceptors (Lipinski definition) is 3. The predicted octanol–water partition coefficient (Wildman–Crippen LogP) is 6.03. The summed E-state index contributed by atoms with van der Waals surface area (Å²) in [5, 5.41) is 0.940. The van der Waals surface area contributed by atoms with E-state index >= 15 is 0 Å². The van der Waals surface area contributed by atoms with Crippen LogP contribution in [0.5, 0.6) is 0 Å². The van der Waals surface area contributed by atoms with Gasteiger partial charge in [0.05, 0.1) is 0 Å². The standard InChI is InChI=1S/C16H14F17NO4S/c1-3-34(6-4-5-7(2)8(35)36)39(37,38)16(32,33)14(27,28)12(23,24)10(19,20)9(17,18)11(21,22)13(25,26)15(29,30)31/h5H,3-4,6H2,1-2H3,(H,35,36). The van der Waals surface area contributed by atoms with Crippen LogP contribution in [0.3, 0.4) is 0 Å². The number of halogens is 17. The lowest BCUT2D eigenvalue weighted by molar-refractivity contribution is -0.458. The molecule has 0 radical (unpaired) electrons. The molecular weight excluding hydrogens is 625 g/mol. The Hall–Kier alpha value is -2.07. The van der Waals surface area contributed by atoms with Crippen molar-refractivity contribution in [1.82, 2.24) is 4.31 Å². The van der Waals surface area contributed by atoms with Gasteiger partial charge < -0.3 is 5.11 Å². The van der Waals surface area contributed by atoms with Crippen molar-refractivity contribution in [2.24, 2.45) is 0 Å². The van der Waals surface area contributed by atoms with Crippen LogP contribution in [0.25, 0.3) is 0 Å². The number of nitrogens with zero attached hydrogens (tertiary/aromatic N) is 1. The highest BCUT2D eigenvalue weighted by atomic mass is 32.2. The maximum absolute atomic E-state index is 14.2. The Morgan fingerprint density at radius 1 is 0.692 bits per heavy atom. The van der Waals surface area contributed by atoms with E-state index in [-0.39, 0.29) is 0 Å². The number of alkyl halides is 17. The molecule has 0 atom stereocenters. The first-order chi connectivity index (χ1) is 16.8. The predicted molar refractivity (Wildman–Crippen MR) is 92.9 cm³/mol. The van der Waals surface area contributed by atoms with Crippen molar-refractivity contribution in [3.63, 3.8) is 0 Å². The number of rotatable bonds is 13. The number of sulfonamides is 1. The van der Waals surface area contributed by atoms with E-state index in [4.69, 9.17) is 5.11 Å². The highest BCUT2D eigenvalue weighted by Crippen LogP contribution is 2.64. The molecule has 1 N–H and O–H groups in total. The van der Waals surface area contributed by atoms with Crippen molar-refractivity contribution in [3.05, 3.63) is 11.6 Å². The minimum absolute atomic E-state index is 0.528. The number of carboxylic acid groups (broad SMARTS) is 1. The van der Waals surface area contributed by atoms with E-state index < -0.39 is 92.3 Å². The van der Waals surface area contributed by atoms with Crippen molar-refractivity contribution in [2.45, 2.75) is 67.2 Å². The summed E-state index contributed by atoms with van der Waals surface area (Å²) in [6.07, 6.45) is -8.31. The fraction of sp³-hybridized carbons (Fsp3) is 0.812. The van der Waals surface area contributed by atoms with Crippen LogP contribution in [0.2, 0.25) is 0 Å². The molecule has 0 rings (SSSR count). The third-order valence-corrected chi connectivity index (χ3v) is 6.90. The molecule has 0 unspecified atom stereocenters. The molecule has 0 aromatic carbocycles. The Morgan fingerprint density at radius 2 is 1.03 bits per heavy atom. The maximum Gasteiger partial charge on any atom is 0.460 e. The molecule has 23 heteroatoms.